The Morgan fingerprint density at radius 1 is 1.15 bits per heavy atom. The van der Waals surface area contributed by atoms with Gasteiger partial charge in [-0.15, -0.1) is 0 Å². The van der Waals surface area contributed by atoms with Crippen molar-refractivity contribution in [3.05, 3.63) is 53.6 Å². The van der Waals surface area contributed by atoms with E-state index in [0.717, 1.165) is 23.2 Å². The number of amides is 2. The van der Waals surface area contributed by atoms with Crippen LogP contribution in [0.1, 0.15) is 24.5 Å². The monoisotopic (exact) mass is 352 g/mol. The van der Waals surface area contributed by atoms with E-state index in [1.807, 2.05) is 49.4 Å². The molecule has 1 unspecified atom stereocenters. The zero-order chi connectivity index (χ0) is 18.1. The molecule has 0 saturated heterocycles. The van der Waals surface area contributed by atoms with Gasteiger partial charge >= 0.3 is 0 Å². The van der Waals surface area contributed by atoms with Gasteiger partial charge in [0.2, 0.25) is 18.6 Å². The van der Waals surface area contributed by atoms with Crippen LogP contribution in [0, 0.1) is 0 Å². The van der Waals surface area contributed by atoms with Crippen molar-refractivity contribution < 1.29 is 19.1 Å². The predicted octanol–water partition coefficient (Wildman–Crippen LogP) is 2.40. The maximum Gasteiger partial charge on any atom is 0.236 e. The highest BCUT2D eigenvalue weighted by atomic mass is 16.7. The third kappa shape index (κ3) is 3.10. The number of ether oxygens (including phenoxy) is 2. The van der Waals surface area contributed by atoms with E-state index in [2.05, 4.69) is 5.32 Å². The van der Waals surface area contributed by atoms with E-state index in [-0.39, 0.29) is 31.1 Å². The highest BCUT2D eigenvalue weighted by Gasteiger charge is 2.31. The highest BCUT2D eigenvalue weighted by Crippen LogP contribution is 2.33. The predicted molar refractivity (Wildman–Crippen MR) is 96.1 cm³/mol. The Balaban J connectivity index is 1.35. The molecule has 0 saturated carbocycles. The number of nitrogens with one attached hydrogen (secondary N) is 1. The summed E-state index contributed by atoms with van der Waals surface area (Å²) in [4.78, 5) is 26.6. The lowest BCUT2D eigenvalue weighted by Crippen LogP contribution is -2.39. The third-order valence-corrected chi connectivity index (χ3v) is 4.71. The van der Waals surface area contributed by atoms with Gasteiger partial charge in [-0.3, -0.25) is 9.59 Å². The van der Waals surface area contributed by atoms with Crippen LogP contribution in [0.5, 0.6) is 11.5 Å². The number of para-hydroxylation sites is 1. The molecular formula is C20H20N2O4. The van der Waals surface area contributed by atoms with Gasteiger partial charge in [-0.25, -0.2) is 0 Å². The summed E-state index contributed by atoms with van der Waals surface area (Å²) in [5, 5.41) is 2.80. The first-order valence-corrected chi connectivity index (χ1v) is 8.67. The number of hydrogen-bond acceptors (Lipinski definition) is 4. The van der Waals surface area contributed by atoms with Crippen molar-refractivity contribution in [2.45, 2.75) is 32.4 Å². The van der Waals surface area contributed by atoms with Crippen LogP contribution in [0.15, 0.2) is 42.5 Å². The van der Waals surface area contributed by atoms with E-state index >= 15 is 0 Å². The number of anilines is 1. The van der Waals surface area contributed by atoms with Crippen molar-refractivity contribution in [3.63, 3.8) is 0 Å². The summed E-state index contributed by atoms with van der Waals surface area (Å²) in [6.07, 6.45) is 0.657. The highest BCUT2D eigenvalue weighted by molar-refractivity contribution is 6.06. The van der Waals surface area contributed by atoms with Crippen LogP contribution < -0.4 is 19.7 Å². The Hall–Kier alpha value is -3.02. The van der Waals surface area contributed by atoms with Crippen LogP contribution in [-0.2, 0) is 22.6 Å². The zero-order valence-electron chi connectivity index (χ0n) is 14.5. The van der Waals surface area contributed by atoms with E-state index in [9.17, 15) is 9.59 Å². The minimum Gasteiger partial charge on any atom is -0.454 e. The Bertz CT molecular complexity index is 865. The van der Waals surface area contributed by atoms with E-state index < -0.39 is 0 Å². The van der Waals surface area contributed by atoms with Crippen LogP contribution >= 0.6 is 0 Å². The van der Waals surface area contributed by atoms with Crippen molar-refractivity contribution in [1.82, 2.24) is 5.32 Å². The lowest BCUT2D eigenvalue weighted by molar-refractivity contribution is -0.128. The standard InChI is InChI=1S/C20H20N2O4/c1-13-8-15-4-2-3-5-16(15)22(13)20(24)10-19(23)21-11-14-6-7-17-18(9-14)26-12-25-17/h2-7,9,13H,8,10-12H2,1H3,(H,21,23). The minimum absolute atomic E-state index is 0.0709. The molecule has 2 aromatic rings. The van der Waals surface area contributed by atoms with Gasteiger partial charge in [-0.2, -0.15) is 0 Å². The summed E-state index contributed by atoms with van der Waals surface area (Å²) in [6.45, 7) is 2.56. The van der Waals surface area contributed by atoms with E-state index in [1.54, 1.807) is 4.90 Å². The van der Waals surface area contributed by atoms with Gasteiger partial charge < -0.3 is 19.7 Å². The SMILES string of the molecule is CC1Cc2ccccc2N1C(=O)CC(=O)NCc1ccc2c(c1)OCO2. The fraction of sp³-hybridized carbons (Fsp3) is 0.300. The maximum absolute atomic E-state index is 12.6. The van der Waals surface area contributed by atoms with Crippen LogP contribution in [0.4, 0.5) is 5.69 Å². The summed E-state index contributed by atoms with van der Waals surface area (Å²) in [7, 11) is 0. The van der Waals surface area contributed by atoms with E-state index in [0.29, 0.717) is 18.0 Å². The molecule has 0 fully saturated rings. The molecule has 2 aliphatic rings. The summed E-state index contributed by atoms with van der Waals surface area (Å²) < 4.78 is 10.6. The molecule has 26 heavy (non-hydrogen) atoms. The van der Waals surface area contributed by atoms with Crippen molar-refractivity contribution in [2.75, 3.05) is 11.7 Å². The van der Waals surface area contributed by atoms with Crippen molar-refractivity contribution >= 4 is 17.5 Å². The summed E-state index contributed by atoms with van der Waals surface area (Å²) in [5.74, 6) is 0.919. The Kier molecular flexibility index (Phi) is 4.24. The molecule has 6 nitrogen and oxygen atoms in total. The quantitative estimate of drug-likeness (QED) is 0.858. The number of benzene rings is 2. The van der Waals surface area contributed by atoms with E-state index in [1.165, 1.54) is 0 Å². The number of carbonyl (C=O) groups excluding carboxylic acids is 2. The van der Waals surface area contributed by atoms with Gasteiger partial charge in [0.1, 0.15) is 6.42 Å². The van der Waals surface area contributed by atoms with Gasteiger partial charge in [0.15, 0.2) is 11.5 Å². The Morgan fingerprint density at radius 2 is 1.96 bits per heavy atom. The number of carbonyl (C=O) groups is 2. The van der Waals surface area contributed by atoms with Gasteiger partial charge in [-0.1, -0.05) is 24.3 Å². The topological polar surface area (TPSA) is 67.9 Å². The number of hydrogen-bond donors (Lipinski definition) is 1. The number of fused-ring (bicyclic) bond motifs is 2. The molecule has 2 aromatic carbocycles. The minimum atomic E-state index is -0.288. The van der Waals surface area contributed by atoms with E-state index in [4.69, 9.17) is 9.47 Å². The first kappa shape index (κ1) is 16.4. The number of rotatable bonds is 4. The molecule has 134 valence electrons. The fourth-order valence-electron chi connectivity index (χ4n) is 3.48. The van der Waals surface area contributed by atoms with Crippen LogP contribution in [0.2, 0.25) is 0 Å². The Labute approximate surface area is 151 Å². The smallest absolute Gasteiger partial charge is 0.236 e. The largest absolute Gasteiger partial charge is 0.454 e. The molecule has 2 aliphatic heterocycles. The maximum atomic E-state index is 12.6. The molecule has 0 spiro atoms. The summed E-state index contributed by atoms with van der Waals surface area (Å²) in [6, 6.07) is 13.4. The van der Waals surface area contributed by atoms with Crippen molar-refractivity contribution in [1.29, 1.82) is 0 Å². The van der Waals surface area contributed by atoms with Crippen molar-refractivity contribution in [3.8, 4) is 11.5 Å². The lowest BCUT2D eigenvalue weighted by Gasteiger charge is -2.22. The van der Waals surface area contributed by atoms with Crippen LogP contribution in [0.3, 0.4) is 0 Å². The lowest BCUT2D eigenvalue weighted by atomic mass is 10.1. The molecule has 2 heterocycles. The first-order chi connectivity index (χ1) is 12.6. The van der Waals surface area contributed by atoms with Crippen LogP contribution in [-0.4, -0.2) is 24.6 Å². The Morgan fingerprint density at radius 3 is 2.85 bits per heavy atom. The molecule has 1 N–H and O–H groups in total. The molecule has 0 radical (unpaired) electrons. The van der Waals surface area contributed by atoms with Gasteiger partial charge in [-0.05, 0) is 42.7 Å². The molecule has 4 rings (SSSR count). The second kappa shape index (κ2) is 6.71. The number of nitrogens with zero attached hydrogens (tertiary/aromatic N) is 1. The average molecular weight is 352 g/mol. The zero-order valence-corrected chi connectivity index (χ0v) is 14.5. The third-order valence-electron chi connectivity index (χ3n) is 4.71. The second-order valence-electron chi connectivity index (χ2n) is 6.59. The second-order valence-corrected chi connectivity index (χ2v) is 6.59. The van der Waals surface area contributed by atoms with Gasteiger partial charge in [0.25, 0.3) is 0 Å². The molecule has 0 aliphatic carbocycles. The molecular weight excluding hydrogens is 332 g/mol. The fourth-order valence-corrected chi connectivity index (χ4v) is 3.48. The van der Waals surface area contributed by atoms with Crippen LogP contribution in [0.25, 0.3) is 0 Å². The van der Waals surface area contributed by atoms with Crippen molar-refractivity contribution in [2.24, 2.45) is 0 Å². The molecule has 0 bridgehead atoms. The van der Waals surface area contributed by atoms with Gasteiger partial charge in [0.05, 0.1) is 0 Å². The molecule has 6 heteroatoms. The normalized spacial score (nSPS) is 17.1. The average Bonchev–Trinajstić information content (AvgIpc) is 3.22. The summed E-state index contributed by atoms with van der Waals surface area (Å²) in [5.41, 5.74) is 2.96. The molecule has 0 aromatic heterocycles. The summed E-state index contributed by atoms with van der Waals surface area (Å²) >= 11 is 0. The molecule has 2 amide bonds. The first-order valence-electron chi connectivity index (χ1n) is 8.67. The van der Waals surface area contributed by atoms with Gasteiger partial charge in [0, 0.05) is 18.3 Å². The molecule has 1 atom stereocenters.